The third kappa shape index (κ3) is 2.26. The fourth-order valence-electron chi connectivity index (χ4n) is 1.82. The average molecular weight is 319 g/mol. The van der Waals surface area contributed by atoms with Crippen molar-refractivity contribution < 1.29 is 0 Å². The van der Waals surface area contributed by atoms with Crippen LogP contribution in [0.15, 0.2) is 52.7 Å². The van der Waals surface area contributed by atoms with E-state index in [0.29, 0.717) is 0 Å². The number of allylic oxidation sites excluding steroid dienone is 5. The van der Waals surface area contributed by atoms with Crippen LogP contribution in [0.3, 0.4) is 0 Å². The summed E-state index contributed by atoms with van der Waals surface area (Å²) < 4.78 is 2.28. The Labute approximate surface area is 118 Å². The Morgan fingerprint density at radius 3 is 3.00 bits per heavy atom. The van der Waals surface area contributed by atoms with Crippen molar-refractivity contribution in [3.63, 3.8) is 0 Å². The van der Waals surface area contributed by atoms with Crippen LogP contribution in [0.1, 0.15) is 11.4 Å². The summed E-state index contributed by atoms with van der Waals surface area (Å²) in [5.41, 5.74) is 8.78. The van der Waals surface area contributed by atoms with Crippen LogP contribution in [0.5, 0.6) is 0 Å². The number of rotatable bonds is 1. The highest BCUT2D eigenvalue weighted by molar-refractivity contribution is 9.10. The van der Waals surface area contributed by atoms with Crippen LogP contribution in [0, 0.1) is 0 Å². The van der Waals surface area contributed by atoms with E-state index in [1.54, 1.807) is 11.3 Å². The van der Waals surface area contributed by atoms with Crippen molar-refractivity contribution in [1.29, 1.82) is 0 Å². The largest absolute Gasteiger partial charge is 0.399 e. The number of hydrogen-bond acceptors (Lipinski definition) is 3. The van der Waals surface area contributed by atoms with Crippen LogP contribution in [0.2, 0.25) is 0 Å². The summed E-state index contributed by atoms with van der Waals surface area (Å²) in [5, 5.41) is 1.04. The van der Waals surface area contributed by atoms with Gasteiger partial charge in [-0.1, -0.05) is 34.2 Å². The second-order valence-corrected chi connectivity index (χ2v) is 6.01. The quantitative estimate of drug-likeness (QED) is 0.853. The van der Waals surface area contributed by atoms with Gasteiger partial charge in [0.25, 0.3) is 0 Å². The molecule has 90 valence electrons. The molecule has 1 aromatic heterocycles. The third-order valence-electron chi connectivity index (χ3n) is 2.74. The topological polar surface area (TPSA) is 38.9 Å². The van der Waals surface area contributed by atoms with Crippen molar-refractivity contribution in [2.45, 2.75) is 6.42 Å². The first-order chi connectivity index (χ1) is 8.72. The van der Waals surface area contributed by atoms with Gasteiger partial charge in [-0.25, -0.2) is 4.98 Å². The Morgan fingerprint density at radius 1 is 1.22 bits per heavy atom. The molecular formula is C14H11BrN2S. The monoisotopic (exact) mass is 318 g/mol. The van der Waals surface area contributed by atoms with E-state index >= 15 is 0 Å². The molecule has 2 aromatic rings. The fourth-order valence-corrected chi connectivity index (χ4v) is 3.36. The van der Waals surface area contributed by atoms with Gasteiger partial charge < -0.3 is 5.73 Å². The van der Waals surface area contributed by atoms with Crippen LogP contribution in [0.25, 0.3) is 15.8 Å². The van der Waals surface area contributed by atoms with E-state index in [-0.39, 0.29) is 0 Å². The summed E-state index contributed by atoms with van der Waals surface area (Å²) in [6, 6.07) is 6.15. The van der Waals surface area contributed by atoms with E-state index in [2.05, 4.69) is 33.1 Å². The van der Waals surface area contributed by atoms with Crippen molar-refractivity contribution in [3.05, 3.63) is 57.7 Å². The van der Waals surface area contributed by atoms with Gasteiger partial charge in [0.05, 0.1) is 10.2 Å². The highest BCUT2D eigenvalue weighted by Crippen LogP contribution is 2.30. The molecule has 1 aliphatic carbocycles. The molecular weight excluding hydrogens is 308 g/mol. The van der Waals surface area contributed by atoms with Gasteiger partial charge in [-0.2, -0.15) is 0 Å². The summed E-state index contributed by atoms with van der Waals surface area (Å²) >= 11 is 5.19. The van der Waals surface area contributed by atoms with E-state index in [1.807, 2.05) is 30.4 Å². The molecule has 1 aromatic carbocycles. The number of halogens is 1. The number of aromatic nitrogens is 1. The Hall–Kier alpha value is -1.39. The van der Waals surface area contributed by atoms with Crippen molar-refractivity contribution in [2.24, 2.45) is 5.73 Å². The predicted octanol–water partition coefficient (Wildman–Crippen LogP) is 4.24. The third-order valence-corrected chi connectivity index (χ3v) is 4.30. The molecule has 18 heavy (non-hydrogen) atoms. The highest BCUT2D eigenvalue weighted by Gasteiger charge is 2.08. The maximum Gasteiger partial charge on any atom is 0.124 e. The summed E-state index contributed by atoms with van der Waals surface area (Å²) in [4.78, 5) is 4.66. The standard InChI is InChI=1S/C14H11BrN2S/c15-10-5-7-12-13(8-10)18-14(17-12)9-2-1-3-11(16)6-4-9/h2-8H,1,16H2. The summed E-state index contributed by atoms with van der Waals surface area (Å²) in [6.07, 6.45) is 8.98. The first-order valence-electron chi connectivity index (χ1n) is 5.63. The number of nitrogens with two attached hydrogens (primary N) is 1. The zero-order chi connectivity index (χ0) is 12.5. The molecule has 0 atom stereocenters. The molecule has 0 bridgehead atoms. The second-order valence-electron chi connectivity index (χ2n) is 4.06. The first-order valence-corrected chi connectivity index (χ1v) is 7.24. The minimum atomic E-state index is 0.810. The molecule has 0 radical (unpaired) electrons. The molecule has 2 nitrogen and oxygen atoms in total. The van der Waals surface area contributed by atoms with E-state index < -0.39 is 0 Å². The molecule has 0 saturated carbocycles. The van der Waals surface area contributed by atoms with Crippen LogP contribution < -0.4 is 5.73 Å². The minimum Gasteiger partial charge on any atom is -0.399 e. The Kier molecular flexibility index (Phi) is 3.06. The molecule has 0 unspecified atom stereocenters. The van der Waals surface area contributed by atoms with Gasteiger partial charge in [-0.15, -0.1) is 11.3 Å². The lowest BCUT2D eigenvalue weighted by Gasteiger charge is -1.93. The Morgan fingerprint density at radius 2 is 2.11 bits per heavy atom. The van der Waals surface area contributed by atoms with Gasteiger partial charge >= 0.3 is 0 Å². The van der Waals surface area contributed by atoms with E-state index in [9.17, 15) is 0 Å². The molecule has 3 rings (SSSR count). The van der Waals surface area contributed by atoms with Gasteiger partial charge in [0.2, 0.25) is 0 Å². The van der Waals surface area contributed by atoms with Crippen molar-refractivity contribution >= 4 is 43.1 Å². The Bertz CT molecular complexity index is 695. The number of thiazole rings is 1. The van der Waals surface area contributed by atoms with Crippen LogP contribution in [-0.4, -0.2) is 4.98 Å². The summed E-state index contributed by atoms with van der Waals surface area (Å²) in [5.74, 6) is 0. The van der Waals surface area contributed by atoms with Crippen molar-refractivity contribution in [1.82, 2.24) is 4.98 Å². The molecule has 0 spiro atoms. The highest BCUT2D eigenvalue weighted by atomic mass is 79.9. The summed E-state index contributed by atoms with van der Waals surface area (Å²) in [7, 11) is 0. The van der Waals surface area contributed by atoms with Gasteiger partial charge in [-0.05, 0) is 30.7 Å². The molecule has 4 heteroatoms. The fraction of sp³-hybridized carbons (Fsp3) is 0.0714. The van der Waals surface area contributed by atoms with Crippen molar-refractivity contribution in [2.75, 3.05) is 0 Å². The minimum absolute atomic E-state index is 0.810. The number of fused-ring (bicyclic) bond motifs is 1. The van der Waals surface area contributed by atoms with Gasteiger partial charge in [0, 0.05) is 15.7 Å². The van der Waals surface area contributed by atoms with Gasteiger partial charge in [-0.3, -0.25) is 0 Å². The van der Waals surface area contributed by atoms with E-state index in [4.69, 9.17) is 5.73 Å². The zero-order valence-corrected chi connectivity index (χ0v) is 12.0. The molecule has 1 aliphatic rings. The lowest BCUT2D eigenvalue weighted by atomic mass is 10.2. The maximum atomic E-state index is 5.79. The summed E-state index contributed by atoms with van der Waals surface area (Å²) in [6.45, 7) is 0. The Balaban J connectivity index is 2.05. The molecule has 0 amide bonds. The van der Waals surface area contributed by atoms with Crippen LogP contribution >= 0.6 is 27.3 Å². The SMILES string of the molecule is NC1=CCC=C(c2nc3ccc(Br)cc3s2)C=C1. The van der Waals surface area contributed by atoms with Crippen LogP contribution in [0.4, 0.5) is 0 Å². The van der Waals surface area contributed by atoms with Crippen molar-refractivity contribution in [3.8, 4) is 0 Å². The molecule has 0 aliphatic heterocycles. The number of nitrogens with zero attached hydrogens (tertiary/aromatic N) is 1. The van der Waals surface area contributed by atoms with Crippen LogP contribution in [-0.2, 0) is 0 Å². The molecule has 2 N–H and O–H groups in total. The number of benzene rings is 1. The lowest BCUT2D eigenvalue weighted by Crippen LogP contribution is -1.90. The lowest BCUT2D eigenvalue weighted by molar-refractivity contribution is 1.31. The molecule has 0 saturated heterocycles. The molecule has 1 heterocycles. The van der Waals surface area contributed by atoms with E-state index in [0.717, 1.165) is 32.7 Å². The normalized spacial score (nSPS) is 15.4. The second kappa shape index (κ2) is 4.71. The van der Waals surface area contributed by atoms with Gasteiger partial charge in [0.15, 0.2) is 0 Å². The average Bonchev–Trinajstić information content (AvgIpc) is 2.63. The maximum absolute atomic E-state index is 5.79. The zero-order valence-electron chi connectivity index (χ0n) is 9.56. The molecule has 0 fully saturated rings. The number of hydrogen-bond donors (Lipinski definition) is 1. The smallest absolute Gasteiger partial charge is 0.124 e. The first kappa shape index (κ1) is 11.7. The van der Waals surface area contributed by atoms with Gasteiger partial charge in [0.1, 0.15) is 5.01 Å². The predicted molar refractivity (Wildman–Crippen MR) is 81.3 cm³/mol. The van der Waals surface area contributed by atoms with E-state index in [1.165, 1.54) is 4.70 Å².